The molecule has 3 rings (SSSR count). The Hall–Kier alpha value is -3.02. The summed E-state index contributed by atoms with van der Waals surface area (Å²) in [6.45, 7) is 2.45. The second kappa shape index (κ2) is 6.00. The van der Waals surface area contributed by atoms with E-state index in [2.05, 4.69) is 4.99 Å². The summed E-state index contributed by atoms with van der Waals surface area (Å²) in [7, 11) is 0. The van der Waals surface area contributed by atoms with Crippen LogP contribution in [0.1, 0.15) is 17.5 Å². The molecule has 0 aliphatic carbocycles. The number of rotatable bonds is 3. The van der Waals surface area contributed by atoms with Gasteiger partial charge in [-0.3, -0.25) is 15.0 Å². The van der Waals surface area contributed by atoms with Gasteiger partial charge in [0, 0.05) is 36.3 Å². The van der Waals surface area contributed by atoms with Gasteiger partial charge in [-0.05, 0) is 18.6 Å². The number of urea groups is 1. The van der Waals surface area contributed by atoms with Crippen LogP contribution in [0.5, 0.6) is 0 Å². The molecule has 116 valence electrons. The molecule has 1 aliphatic rings. The Balaban J connectivity index is 1.90. The van der Waals surface area contributed by atoms with Gasteiger partial charge < -0.3 is 0 Å². The van der Waals surface area contributed by atoms with Gasteiger partial charge >= 0.3 is 6.03 Å². The SMILES string of the molecule is Cc1ccccc1N1CCC(c2cccc([N+](=O)[O-])c2)=NC1=O. The van der Waals surface area contributed by atoms with Crippen molar-refractivity contribution >= 4 is 23.1 Å². The summed E-state index contributed by atoms with van der Waals surface area (Å²) in [4.78, 5) is 28.5. The number of carbonyl (C=O) groups is 1. The molecule has 23 heavy (non-hydrogen) atoms. The molecule has 6 nitrogen and oxygen atoms in total. The van der Waals surface area contributed by atoms with Crippen LogP contribution in [0.25, 0.3) is 0 Å². The summed E-state index contributed by atoms with van der Waals surface area (Å²) >= 11 is 0. The Bertz CT molecular complexity index is 814. The molecule has 0 saturated heterocycles. The van der Waals surface area contributed by atoms with Gasteiger partial charge in [-0.2, -0.15) is 4.99 Å². The number of hydrogen-bond acceptors (Lipinski definition) is 3. The Morgan fingerprint density at radius 1 is 1.17 bits per heavy atom. The molecule has 1 aliphatic heterocycles. The smallest absolute Gasteiger partial charge is 0.292 e. The molecule has 2 aromatic carbocycles. The van der Waals surface area contributed by atoms with Gasteiger partial charge in [-0.1, -0.05) is 30.3 Å². The lowest BCUT2D eigenvalue weighted by Gasteiger charge is -2.26. The number of nitro groups is 1. The molecule has 0 unspecified atom stereocenters. The van der Waals surface area contributed by atoms with Crippen molar-refractivity contribution in [2.24, 2.45) is 4.99 Å². The van der Waals surface area contributed by atoms with E-state index in [0.717, 1.165) is 11.3 Å². The van der Waals surface area contributed by atoms with E-state index in [1.807, 2.05) is 31.2 Å². The molecule has 0 atom stereocenters. The molecule has 0 aromatic heterocycles. The lowest BCUT2D eigenvalue weighted by atomic mass is 10.0. The van der Waals surface area contributed by atoms with Gasteiger partial charge in [-0.15, -0.1) is 0 Å². The number of para-hydroxylation sites is 1. The van der Waals surface area contributed by atoms with Crippen LogP contribution in [0.3, 0.4) is 0 Å². The molecule has 0 bridgehead atoms. The average molecular weight is 309 g/mol. The predicted octanol–water partition coefficient (Wildman–Crippen LogP) is 3.72. The maximum Gasteiger partial charge on any atom is 0.348 e. The van der Waals surface area contributed by atoms with Crippen LogP contribution < -0.4 is 4.90 Å². The summed E-state index contributed by atoms with van der Waals surface area (Å²) in [5.41, 5.74) is 3.06. The molecule has 6 heteroatoms. The largest absolute Gasteiger partial charge is 0.348 e. The van der Waals surface area contributed by atoms with E-state index in [-0.39, 0.29) is 11.7 Å². The van der Waals surface area contributed by atoms with E-state index >= 15 is 0 Å². The third-order valence-electron chi connectivity index (χ3n) is 3.83. The van der Waals surface area contributed by atoms with Gasteiger partial charge in [0.2, 0.25) is 0 Å². The summed E-state index contributed by atoms with van der Waals surface area (Å²) in [5.74, 6) is 0. The Labute approximate surface area is 133 Å². The number of aryl methyl sites for hydroxylation is 1. The molecule has 0 spiro atoms. The predicted molar refractivity (Wildman–Crippen MR) is 88.2 cm³/mol. The van der Waals surface area contributed by atoms with Crippen LogP contribution in [-0.4, -0.2) is 23.2 Å². The Morgan fingerprint density at radius 2 is 1.96 bits per heavy atom. The first-order valence-corrected chi connectivity index (χ1v) is 7.26. The van der Waals surface area contributed by atoms with Gasteiger partial charge in [0.25, 0.3) is 5.69 Å². The number of nitrogens with zero attached hydrogens (tertiary/aromatic N) is 3. The summed E-state index contributed by atoms with van der Waals surface area (Å²) < 4.78 is 0. The molecule has 1 heterocycles. The fraction of sp³-hybridized carbons (Fsp3) is 0.176. The van der Waals surface area contributed by atoms with Crippen LogP contribution >= 0.6 is 0 Å². The first kappa shape index (κ1) is 14.9. The first-order valence-electron chi connectivity index (χ1n) is 7.26. The standard InChI is InChI=1S/C17H15N3O3/c1-12-5-2-3-8-16(12)19-10-9-15(18-17(19)21)13-6-4-7-14(11-13)20(22)23/h2-8,11H,9-10H2,1H3. The fourth-order valence-corrected chi connectivity index (χ4v) is 2.64. The quantitative estimate of drug-likeness (QED) is 0.640. The molecule has 0 fully saturated rings. The van der Waals surface area contributed by atoms with Crippen molar-refractivity contribution in [1.82, 2.24) is 0 Å². The van der Waals surface area contributed by atoms with Crippen molar-refractivity contribution in [2.75, 3.05) is 11.4 Å². The zero-order valence-corrected chi connectivity index (χ0v) is 12.6. The number of anilines is 1. The van der Waals surface area contributed by atoms with Crippen LogP contribution in [0.4, 0.5) is 16.2 Å². The second-order valence-electron chi connectivity index (χ2n) is 5.34. The van der Waals surface area contributed by atoms with Crippen LogP contribution in [0.15, 0.2) is 53.5 Å². The summed E-state index contributed by atoms with van der Waals surface area (Å²) in [6, 6.07) is 13.5. The highest BCUT2D eigenvalue weighted by Gasteiger charge is 2.24. The third kappa shape index (κ3) is 2.96. The molecule has 0 saturated carbocycles. The van der Waals surface area contributed by atoms with Crippen molar-refractivity contribution < 1.29 is 9.72 Å². The molecular weight excluding hydrogens is 294 g/mol. The number of benzene rings is 2. The normalized spacial score (nSPS) is 14.6. The molecule has 2 aromatic rings. The van der Waals surface area contributed by atoms with E-state index in [0.29, 0.717) is 24.2 Å². The van der Waals surface area contributed by atoms with E-state index in [1.165, 1.54) is 12.1 Å². The maximum atomic E-state index is 12.4. The lowest BCUT2D eigenvalue weighted by molar-refractivity contribution is -0.384. The van der Waals surface area contributed by atoms with E-state index in [4.69, 9.17) is 0 Å². The van der Waals surface area contributed by atoms with Gasteiger partial charge in [0.1, 0.15) is 0 Å². The van der Waals surface area contributed by atoms with Crippen molar-refractivity contribution in [3.05, 3.63) is 69.8 Å². The van der Waals surface area contributed by atoms with Crippen LogP contribution in [0.2, 0.25) is 0 Å². The highest BCUT2D eigenvalue weighted by Crippen LogP contribution is 2.24. The Morgan fingerprint density at radius 3 is 2.65 bits per heavy atom. The average Bonchev–Trinajstić information content (AvgIpc) is 2.56. The molecular formula is C17H15N3O3. The van der Waals surface area contributed by atoms with Crippen LogP contribution in [-0.2, 0) is 0 Å². The summed E-state index contributed by atoms with van der Waals surface area (Å²) in [6.07, 6.45) is 0.557. The number of non-ortho nitro benzene ring substituents is 1. The lowest BCUT2D eigenvalue weighted by Crippen LogP contribution is -2.36. The minimum atomic E-state index is -0.450. The third-order valence-corrected chi connectivity index (χ3v) is 3.83. The molecule has 0 radical (unpaired) electrons. The number of aliphatic imine (C=N–C) groups is 1. The minimum absolute atomic E-state index is 0.000942. The zero-order valence-electron chi connectivity index (χ0n) is 12.6. The monoisotopic (exact) mass is 309 g/mol. The van der Waals surface area contributed by atoms with Crippen molar-refractivity contribution in [2.45, 2.75) is 13.3 Å². The van der Waals surface area contributed by atoms with E-state index < -0.39 is 4.92 Å². The maximum absolute atomic E-state index is 12.4. The van der Waals surface area contributed by atoms with Crippen molar-refractivity contribution in [3.8, 4) is 0 Å². The number of hydrogen-bond donors (Lipinski definition) is 0. The first-order chi connectivity index (χ1) is 11.1. The minimum Gasteiger partial charge on any atom is -0.292 e. The topological polar surface area (TPSA) is 75.8 Å². The zero-order chi connectivity index (χ0) is 16.4. The van der Waals surface area contributed by atoms with E-state index in [1.54, 1.807) is 17.0 Å². The van der Waals surface area contributed by atoms with Gasteiger partial charge in [0.05, 0.1) is 10.6 Å². The number of nitro benzene ring substituents is 1. The second-order valence-corrected chi connectivity index (χ2v) is 5.34. The highest BCUT2D eigenvalue weighted by atomic mass is 16.6. The molecule has 0 N–H and O–H groups in total. The van der Waals surface area contributed by atoms with E-state index in [9.17, 15) is 14.9 Å². The van der Waals surface area contributed by atoms with Gasteiger partial charge in [-0.25, -0.2) is 4.79 Å². The van der Waals surface area contributed by atoms with Crippen LogP contribution in [0, 0.1) is 17.0 Å². The number of carbonyl (C=O) groups excluding carboxylic acids is 1. The molecule has 2 amide bonds. The van der Waals surface area contributed by atoms with Crippen molar-refractivity contribution in [1.29, 1.82) is 0 Å². The fourth-order valence-electron chi connectivity index (χ4n) is 2.64. The van der Waals surface area contributed by atoms with Gasteiger partial charge in [0.15, 0.2) is 0 Å². The highest BCUT2D eigenvalue weighted by molar-refractivity contribution is 6.12. The summed E-state index contributed by atoms with van der Waals surface area (Å²) in [5, 5.41) is 10.9. The van der Waals surface area contributed by atoms with Crippen molar-refractivity contribution in [3.63, 3.8) is 0 Å². The Kier molecular flexibility index (Phi) is 3.89. The number of amides is 2.